The van der Waals surface area contributed by atoms with Gasteiger partial charge in [0.15, 0.2) is 0 Å². The molecule has 1 aliphatic heterocycles. The summed E-state index contributed by atoms with van der Waals surface area (Å²) in [6.45, 7) is 8.85. The summed E-state index contributed by atoms with van der Waals surface area (Å²) in [6.07, 6.45) is 4.96. The van der Waals surface area contributed by atoms with Crippen LogP contribution >= 0.6 is 15.9 Å². The van der Waals surface area contributed by atoms with Gasteiger partial charge in [-0.05, 0) is 40.9 Å². The van der Waals surface area contributed by atoms with Crippen LogP contribution in [0.2, 0.25) is 0 Å². The molecule has 0 spiro atoms. The van der Waals surface area contributed by atoms with Gasteiger partial charge in [0.25, 0.3) is 0 Å². The van der Waals surface area contributed by atoms with Crippen LogP contribution in [0.5, 0.6) is 0 Å². The highest BCUT2D eigenvalue weighted by molar-refractivity contribution is 9.10. The minimum absolute atomic E-state index is 0.264. The maximum absolute atomic E-state index is 4.23. The molecule has 1 atom stereocenters. The fraction of sp³-hybridized carbons (Fsp3) is 0.615. The molecule has 1 saturated heterocycles. The number of piperazine rings is 1. The van der Waals surface area contributed by atoms with Crippen molar-refractivity contribution in [1.29, 1.82) is 0 Å². The number of nitrogens with zero attached hydrogens (tertiary/aromatic N) is 2. The minimum atomic E-state index is 0.264. The lowest BCUT2D eigenvalue weighted by Gasteiger charge is -2.45. The van der Waals surface area contributed by atoms with Crippen LogP contribution in [0.25, 0.3) is 0 Å². The van der Waals surface area contributed by atoms with E-state index in [1.807, 2.05) is 12.4 Å². The van der Waals surface area contributed by atoms with Crippen LogP contribution < -0.4 is 5.32 Å². The van der Waals surface area contributed by atoms with Crippen molar-refractivity contribution in [1.82, 2.24) is 15.2 Å². The van der Waals surface area contributed by atoms with Crippen molar-refractivity contribution in [2.45, 2.75) is 32.4 Å². The molecule has 0 amide bonds. The standard InChI is InChI=1S/C13H20BrN3/c1-3-13(2)10-15-4-5-17(13)9-11-6-12(14)8-16-7-11/h6-8,15H,3-5,9-10H2,1-2H3. The number of rotatable bonds is 3. The van der Waals surface area contributed by atoms with E-state index in [-0.39, 0.29) is 5.54 Å². The summed E-state index contributed by atoms with van der Waals surface area (Å²) < 4.78 is 1.06. The predicted molar refractivity (Wildman–Crippen MR) is 73.9 cm³/mol. The first-order valence-electron chi connectivity index (χ1n) is 6.19. The first-order chi connectivity index (χ1) is 8.14. The van der Waals surface area contributed by atoms with Crippen molar-refractivity contribution in [2.75, 3.05) is 19.6 Å². The Balaban J connectivity index is 2.11. The fourth-order valence-corrected chi connectivity index (χ4v) is 2.75. The number of hydrogen-bond acceptors (Lipinski definition) is 3. The Bertz CT molecular complexity index is 383. The van der Waals surface area contributed by atoms with Crippen LogP contribution in [0.15, 0.2) is 22.9 Å². The van der Waals surface area contributed by atoms with Crippen molar-refractivity contribution in [3.05, 3.63) is 28.5 Å². The summed E-state index contributed by atoms with van der Waals surface area (Å²) in [6, 6.07) is 2.16. The van der Waals surface area contributed by atoms with E-state index < -0.39 is 0 Å². The molecule has 4 heteroatoms. The molecule has 0 aromatic carbocycles. The SMILES string of the molecule is CCC1(C)CNCCN1Cc1cncc(Br)c1. The van der Waals surface area contributed by atoms with Gasteiger partial charge in [-0.15, -0.1) is 0 Å². The zero-order valence-corrected chi connectivity index (χ0v) is 12.1. The maximum atomic E-state index is 4.23. The Morgan fingerprint density at radius 2 is 2.35 bits per heavy atom. The molecule has 1 fully saturated rings. The average Bonchev–Trinajstić information content (AvgIpc) is 2.32. The van der Waals surface area contributed by atoms with E-state index in [1.54, 1.807) is 0 Å². The van der Waals surface area contributed by atoms with Crippen molar-refractivity contribution in [3.63, 3.8) is 0 Å². The Kier molecular flexibility index (Phi) is 4.17. The molecule has 1 aliphatic rings. The van der Waals surface area contributed by atoms with E-state index in [0.29, 0.717) is 0 Å². The molecular weight excluding hydrogens is 278 g/mol. The van der Waals surface area contributed by atoms with Gasteiger partial charge < -0.3 is 5.32 Å². The highest BCUT2D eigenvalue weighted by Crippen LogP contribution is 2.23. The van der Waals surface area contributed by atoms with Crippen molar-refractivity contribution in [3.8, 4) is 0 Å². The van der Waals surface area contributed by atoms with Gasteiger partial charge >= 0.3 is 0 Å². The molecule has 1 unspecified atom stereocenters. The molecule has 3 nitrogen and oxygen atoms in total. The van der Waals surface area contributed by atoms with E-state index in [2.05, 4.69) is 51.0 Å². The Morgan fingerprint density at radius 1 is 1.53 bits per heavy atom. The largest absolute Gasteiger partial charge is 0.314 e. The van der Waals surface area contributed by atoms with Gasteiger partial charge in [0.1, 0.15) is 0 Å². The third-order valence-corrected chi connectivity index (χ3v) is 4.16. The smallest absolute Gasteiger partial charge is 0.0410 e. The third kappa shape index (κ3) is 3.06. The van der Waals surface area contributed by atoms with Crippen molar-refractivity contribution < 1.29 is 0 Å². The first kappa shape index (κ1) is 13.0. The molecular formula is C13H20BrN3. The van der Waals surface area contributed by atoms with Crippen LogP contribution in [0, 0.1) is 0 Å². The van der Waals surface area contributed by atoms with Gasteiger partial charge in [-0.2, -0.15) is 0 Å². The molecule has 0 saturated carbocycles. The minimum Gasteiger partial charge on any atom is -0.314 e. The van der Waals surface area contributed by atoms with Crippen LogP contribution in [0.4, 0.5) is 0 Å². The highest BCUT2D eigenvalue weighted by atomic mass is 79.9. The molecule has 2 rings (SSSR count). The van der Waals surface area contributed by atoms with Gasteiger partial charge in [-0.3, -0.25) is 9.88 Å². The second kappa shape index (κ2) is 5.46. The summed E-state index contributed by atoms with van der Waals surface area (Å²) in [4.78, 5) is 6.80. The normalized spacial score (nSPS) is 26.1. The van der Waals surface area contributed by atoms with E-state index in [0.717, 1.165) is 30.7 Å². The van der Waals surface area contributed by atoms with Crippen LogP contribution in [0.1, 0.15) is 25.8 Å². The van der Waals surface area contributed by atoms with Crippen LogP contribution in [-0.2, 0) is 6.54 Å². The van der Waals surface area contributed by atoms with E-state index >= 15 is 0 Å². The maximum Gasteiger partial charge on any atom is 0.0410 e. The molecule has 2 heterocycles. The molecule has 17 heavy (non-hydrogen) atoms. The molecule has 1 aromatic heterocycles. The molecule has 1 aromatic rings. The summed E-state index contributed by atoms with van der Waals surface area (Å²) in [5.74, 6) is 0. The molecule has 1 N–H and O–H groups in total. The van der Waals surface area contributed by atoms with Gasteiger partial charge in [-0.1, -0.05) is 6.92 Å². The summed E-state index contributed by atoms with van der Waals surface area (Å²) in [5, 5.41) is 3.49. The number of aromatic nitrogens is 1. The monoisotopic (exact) mass is 297 g/mol. The summed E-state index contributed by atoms with van der Waals surface area (Å²) >= 11 is 3.48. The predicted octanol–water partition coefficient (Wildman–Crippen LogP) is 2.42. The topological polar surface area (TPSA) is 28.2 Å². The molecule has 0 aliphatic carbocycles. The second-order valence-corrected chi connectivity index (χ2v) is 5.88. The lowest BCUT2D eigenvalue weighted by atomic mass is 9.93. The fourth-order valence-electron chi connectivity index (χ4n) is 2.33. The lowest BCUT2D eigenvalue weighted by Crippen LogP contribution is -2.58. The van der Waals surface area contributed by atoms with E-state index in [1.165, 1.54) is 12.0 Å². The average molecular weight is 298 g/mol. The Morgan fingerprint density at radius 3 is 3.06 bits per heavy atom. The van der Waals surface area contributed by atoms with E-state index in [4.69, 9.17) is 0 Å². The lowest BCUT2D eigenvalue weighted by molar-refractivity contribution is 0.0636. The Labute approximate surface area is 112 Å². The van der Waals surface area contributed by atoms with Gasteiger partial charge in [0, 0.05) is 48.6 Å². The van der Waals surface area contributed by atoms with Gasteiger partial charge in [0.2, 0.25) is 0 Å². The number of nitrogens with one attached hydrogen (secondary N) is 1. The van der Waals surface area contributed by atoms with Gasteiger partial charge in [0.05, 0.1) is 0 Å². The number of pyridine rings is 1. The third-order valence-electron chi connectivity index (χ3n) is 3.72. The molecule has 94 valence electrons. The number of hydrogen-bond donors (Lipinski definition) is 1. The molecule has 0 radical (unpaired) electrons. The Hall–Kier alpha value is -0.450. The van der Waals surface area contributed by atoms with Crippen LogP contribution in [-0.4, -0.2) is 35.1 Å². The summed E-state index contributed by atoms with van der Waals surface area (Å²) in [7, 11) is 0. The second-order valence-electron chi connectivity index (χ2n) is 4.96. The summed E-state index contributed by atoms with van der Waals surface area (Å²) in [5.41, 5.74) is 1.54. The van der Waals surface area contributed by atoms with Crippen molar-refractivity contribution >= 4 is 15.9 Å². The quantitative estimate of drug-likeness (QED) is 0.929. The zero-order valence-electron chi connectivity index (χ0n) is 10.5. The van der Waals surface area contributed by atoms with Crippen molar-refractivity contribution in [2.24, 2.45) is 0 Å². The number of halogens is 1. The highest BCUT2D eigenvalue weighted by Gasteiger charge is 2.32. The van der Waals surface area contributed by atoms with E-state index in [9.17, 15) is 0 Å². The zero-order chi connectivity index (χ0) is 12.3. The van der Waals surface area contributed by atoms with Gasteiger partial charge in [-0.25, -0.2) is 0 Å². The van der Waals surface area contributed by atoms with Crippen LogP contribution in [0.3, 0.4) is 0 Å². The molecule has 0 bridgehead atoms. The first-order valence-corrected chi connectivity index (χ1v) is 6.98.